The zero-order valence-corrected chi connectivity index (χ0v) is 31.5. The Balaban J connectivity index is 0.685. The molecule has 6 aromatic rings. The molecule has 298 valence electrons. The average molecular weight is 799 g/mol. The van der Waals surface area contributed by atoms with E-state index in [1.807, 2.05) is 24.3 Å². The number of imide groups is 1. The zero-order valence-electron chi connectivity index (χ0n) is 31.5. The summed E-state index contributed by atoms with van der Waals surface area (Å²) >= 11 is 0. The molecule has 2 fully saturated rings. The average Bonchev–Trinajstić information content (AvgIpc) is 3.74. The van der Waals surface area contributed by atoms with Crippen LogP contribution in [0.5, 0.6) is 17.4 Å². The number of piperidine rings is 1. The second kappa shape index (κ2) is 16.1. The van der Waals surface area contributed by atoms with Crippen LogP contribution >= 0.6 is 0 Å². The molecule has 13 nitrogen and oxygen atoms in total. The standard InChI is InChI=1S/C44H36F2N6O7/c45-44(46)52-37-13-14-47-24-36(37)35-8-3-26(19-39(35)52)27-4-12-41(49-22-27)59-33-20-32(21-33)58-31-6-5-29(48-23-31)2-1-15-56-16-17-57-30-7-9-34-28(18-30)25-51(43(34)55)38-10-11-40(53)50-42(38)54/h3-9,12-14,18-19,22-24,32-33,38,44H,10-11,15-17,20-21,25H2,(H,50,53,54). The monoisotopic (exact) mass is 798 g/mol. The number of fused-ring (bicyclic) bond motifs is 4. The van der Waals surface area contributed by atoms with Crippen LogP contribution in [-0.2, 0) is 20.9 Å². The fourth-order valence-electron chi connectivity index (χ4n) is 7.61. The number of hydrogen-bond donors (Lipinski definition) is 1. The summed E-state index contributed by atoms with van der Waals surface area (Å²) in [6.45, 7) is -1.65. The molecular weight excluding hydrogens is 763 g/mol. The van der Waals surface area contributed by atoms with Crippen LogP contribution in [0.25, 0.3) is 32.9 Å². The normalized spacial score (nSPS) is 18.7. The number of rotatable bonds is 12. The van der Waals surface area contributed by atoms with Crippen molar-refractivity contribution >= 4 is 39.5 Å². The van der Waals surface area contributed by atoms with Crippen molar-refractivity contribution < 1.29 is 42.1 Å². The largest absolute Gasteiger partial charge is 0.491 e. The number of nitrogens with one attached hydrogen (secondary N) is 1. The highest BCUT2D eigenvalue weighted by molar-refractivity contribution is 6.09. The van der Waals surface area contributed by atoms with Gasteiger partial charge in [0.15, 0.2) is 0 Å². The van der Waals surface area contributed by atoms with Gasteiger partial charge in [-0.15, -0.1) is 0 Å². The second-order valence-electron chi connectivity index (χ2n) is 14.4. The Morgan fingerprint density at radius 1 is 0.831 bits per heavy atom. The number of alkyl halides is 2. The third-order valence-electron chi connectivity index (χ3n) is 10.6. The summed E-state index contributed by atoms with van der Waals surface area (Å²) in [5.41, 5.74) is 4.29. The van der Waals surface area contributed by atoms with E-state index in [0.717, 1.165) is 21.3 Å². The third-order valence-corrected chi connectivity index (χ3v) is 10.6. The van der Waals surface area contributed by atoms with Crippen molar-refractivity contribution in [3.63, 3.8) is 0 Å². The summed E-state index contributed by atoms with van der Waals surface area (Å²) in [4.78, 5) is 51.1. The van der Waals surface area contributed by atoms with E-state index in [4.69, 9.17) is 18.9 Å². The van der Waals surface area contributed by atoms with Gasteiger partial charge in [0.25, 0.3) is 5.91 Å². The van der Waals surface area contributed by atoms with Crippen LogP contribution in [0.15, 0.2) is 91.5 Å². The van der Waals surface area contributed by atoms with Gasteiger partial charge in [-0.3, -0.25) is 29.3 Å². The van der Waals surface area contributed by atoms with Crippen LogP contribution in [0.4, 0.5) is 8.78 Å². The summed E-state index contributed by atoms with van der Waals surface area (Å²) in [6.07, 6.45) is 8.25. The van der Waals surface area contributed by atoms with Crippen molar-refractivity contribution in [3.05, 3.63) is 108 Å². The molecule has 2 aliphatic heterocycles. The van der Waals surface area contributed by atoms with Crippen molar-refractivity contribution in [1.82, 2.24) is 29.7 Å². The lowest BCUT2D eigenvalue weighted by Gasteiger charge is -2.34. The predicted molar refractivity (Wildman–Crippen MR) is 210 cm³/mol. The maximum atomic E-state index is 14.0. The lowest BCUT2D eigenvalue weighted by Crippen LogP contribution is -2.52. The molecule has 0 bridgehead atoms. The number of amides is 3. The molecule has 3 aliphatic rings. The summed E-state index contributed by atoms with van der Waals surface area (Å²) in [5, 5.41) is 3.70. The van der Waals surface area contributed by atoms with E-state index in [-0.39, 0.29) is 50.2 Å². The van der Waals surface area contributed by atoms with E-state index in [1.165, 1.54) is 11.1 Å². The summed E-state index contributed by atoms with van der Waals surface area (Å²) in [6, 6.07) is 18.9. The van der Waals surface area contributed by atoms with Crippen molar-refractivity contribution in [1.29, 1.82) is 0 Å². The van der Waals surface area contributed by atoms with E-state index in [0.29, 0.717) is 76.3 Å². The van der Waals surface area contributed by atoms with E-state index in [9.17, 15) is 23.2 Å². The number of carbonyl (C=O) groups is 3. The predicted octanol–water partition coefficient (Wildman–Crippen LogP) is 6.24. The molecule has 1 saturated heterocycles. The van der Waals surface area contributed by atoms with Gasteiger partial charge >= 0.3 is 6.55 Å². The van der Waals surface area contributed by atoms with Gasteiger partial charge in [0, 0.05) is 72.4 Å². The Bertz CT molecular complexity index is 2640. The number of benzene rings is 2. The van der Waals surface area contributed by atoms with Gasteiger partial charge < -0.3 is 23.8 Å². The number of ether oxygens (including phenoxy) is 4. The minimum Gasteiger partial charge on any atom is -0.491 e. The number of halogens is 2. The topological polar surface area (TPSA) is 147 Å². The minimum atomic E-state index is -2.69. The molecule has 6 heterocycles. The molecule has 1 atom stereocenters. The van der Waals surface area contributed by atoms with E-state index >= 15 is 0 Å². The number of hydrogen-bond acceptors (Lipinski definition) is 10. The highest BCUT2D eigenvalue weighted by Gasteiger charge is 2.39. The van der Waals surface area contributed by atoms with Gasteiger partial charge in [-0.2, -0.15) is 8.78 Å². The van der Waals surface area contributed by atoms with E-state index in [1.54, 1.807) is 61.1 Å². The lowest BCUT2D eigenvalue weighted by molar-refractivity contribution is -0.136. The molecule has 59 heavy (non-hydrogen) atoms. The number of aromatic nitrogens is 4. The SMILES string of the molecule is O=C1CCC(N2Cc3cc(OCCOCC#Cc4ccc(OC5CC(Oc6ccc(-c7ccc8c9cnccc9n(C(F)F)c8c7)cn6)C5)cn4)ccc3C2=O)C(=O)N1. The summed E-state index contributed by atoms with van der Waals surface area (Å²) in [7, 11) is 0. The number of pyridine rings is 3. The van der Waals surface area contributed by atoms with Crippen molar-refractivity contribution in [2.24, 2.45) is 0 Å². The van der Waals surface area contributed by atoms with Gasteiger partial charge in [-0.25, -0.2) is 9.97 Å². The molecule has 2 aromatic carbocycles. The second-order valence-corrected chi connectivity index (χ2v) is 14.4. The van der Waals surface area contributed by atoms with Crippen LogP contribution in [0.1, 0.15) is 53.8 Å². The van der Waals surface area contributed by atoms with Crippen LogP contribution in [0.3, 0.4) is 0 Å². The minimum absolute atomic E-state index is 0.0241. The fraction of sp³-hybridized carbons (Fsp3) is 0.273. The van der Waals surface area contributed by atoms with Crippen LogP contribution in [0.2, 0.25) is 0 Å². The van der Waals surface area contributed by atoms with E-state index in [2.05, 4.69) is 32.1 Å². The Labute approximate surface area is 336 Å². The fourth-order valence-corrected chi connectivity index (χ4v) is 7.61. The third kappa shape index (κ3) is 7.86. The molecule has 9 rings (SSSR count). The Morgan fingerprint density at radius 2 is 1.68 bits per heavy atom. The van der Waals surface area contributed by atoms with Crippen LogP contribution in [0, 0.1) is 11.8 Å². The van der Waals surface area contributed by atoms with Crippen molar-refractivity contribution in [3.8, 4) is 40.3 Å². The Kier molecular flexibility index (Phi) is 10.3. The van der Waals surface area contributed by atoms with Crippen LogP contribution < -0.4 is 19.5 Å². The van der Waals surface area contributed by atoms with Gasteiger partial charge in [0.05, 0.1) is 23.8 Å². The molecule has 0 radical (unpaired) electrons. The highest BCUT2D eigenvalue weighted by atomic mass is 19.3. The molecule has 1 aliphatic carbocycles. The van der Waals surface area contributed by atoms with Gasteiger partial charge in [0.1, 0.15) is 48.7 Å². The first-order valence-electron chi connectivity index (χ1n) is 19.2. The molecule has 1 unspecified atom stereocenters. The van der Waals surface area contributed by atoms with Crippen molar-refractivity contribution in [2.45, 2.75) is 57.0 Å². The molecule has 3 amide bonds. The smallest absolute Gasteiger partial charge is 0.319 e. The van der Waals surface area contributed by atoms with Gasteiger partial charge in [0.2, 0.25) is 17.7 Å². The maximum absolute atomic E-state index is 14.0. The maximum Gasteiger partial charge on any atom is 0.319 e. The molecular formula is C44H36F2N6O7. The molecule has 4 aromatic heterocycles. The Hall–Kier alpha value is -6.92. The number of carbonyl (C=O) groups excluding carboxylic acids is 3. The Morgan fingerprint density at radius 3 is 2.47 bits per heavy atom. The van der Waals surface area contributed by atoms with Crippen molar-refractivity contribution in [2.75, 3.05) is 19.8 Å². The summed E-state index contributed by atoms with van der Waals surface area (Å²) in [5.74, 6) is 6.62. The van der Waals surface area contributed by atoms with Gasteiger partial charge in [-0.1, -0.05) is 18.1 Å². The first-order chi connectivity index (χ1) is 28.8. The number of nitrogens with zero attached hydrogens (tertiary/aromatic N) is 5. The molecule has 15 heteroatoms. The lowest BCUT2D eigenvalue weighted by atomic mass is 9.92. The first kappa shape index (κ1) is 37.6. The van der Waals surface area contributed by atoms with E-state index < -0.39 is 18.5 Å². The molecule has 1 N–H and O–H groups in total. The highest BCUT2D eigenvalue weighted by Crippen LogP contribution is 2.36. The quantitative estimate of drug-likeness (QED) is 0.0858. The summed E-state index contributed by atoms with van der Waals surface area (Å²) < 4.78 is 52.6. The first-order valence-corrected chi connectivity index (χ1v) is 19.2. The van der Waals surface area contributed by atoms with Gasteiger partial charge in [-0.05, 0) is 72.0 Å². The molecule has 0 spiro atoms. The zero-order chi connectivity index (χ0) is 40.5. The molecule has 1 saturated carbocycles. The van der Waals surface area contributed by atoms with Crippen LogP contribution in [-0.4, -0.2) is 80.2 Å².